The summed E-state index contributed by atoms with van der Waals surface area (Å²) in [5.74, 6) is 0.205. The van der Waals surface area contributed by atoms with Gasteiger partial charge in [0.2, 0.25) is 0 Å². The van der Waals surface area contributed by atoms with Crippen molar-refractivity contribution in [2.24, 2.45) is 5.92 Å². The Balaban J connectivity index is 1.89. The maximum absolute atomic E-state index is 12.2. The summed E-state index contributed by atoms with van der Waals surface area (Å²) in [6.45, 7) is 2.71. The minimum absolute atomic E-state index is 0.110. The summed E-state index contributed by atoms with van der Waals surface area (Å²) < 4.78 is 0. The Morgan fingerprint density at radius 2 is 2.14 bits per heavy atom. The fourth-order valence-electron chi connectivity index (χ4n) is 2.92. The number of carbonyl (C=O) groups is 1. The Hall–Kier alpha value is -1.55. The van der Waals surface area contributed by atoms with Gasteiger partial charge in [-0.15, -0.1) is 0 Å². The predicted octanol–water partition coefficient (Wildman–Crippen LogP) is 3.26. The summed E-state index contributed by atoms with van der Waals surface area (Å²) in [5.41, 5.74) is 2.04. The summed E-state index contributed by atoms with van der Waals surface area (Å²) in [6.07, 6.45) is 4.79. The van der Waals surface area contributed by atoms with Crippen LogP contribution in [0.2, 0.25) is 0 Å². The first-order valence-electron chi connectivity index (χ1n) is 7.89. The van der Waals surface area contributed by atoms with Gasteiger partial charge in [-0.05, 0) is 37.0 Å². The monoisotopic (exact) mass is 290 g/mol. The quantitative estimate of drug-likeness (QED) is 0.894. The molecule has 116 valence electrons. The van der Waals surface area contributed by atoms with Crippen LogP contribution in [0.4, 0.5) is 10.5 Å². The van der Waals surface area contributed by atoms with Gasteiger partial charge < -0.3 is 15.3 Å². The first kappa shape index (κ1) is 15.8. The number of aliphatic hydroxyl groups excluding tert-OH is 1. The molecule has 0 saturated heterocycles. The standard InChI is InChI=1S/C17H26N2O2/c1-3-13-7-6-9-15(11-13)18-17(21)19(2)12-14-8-4-5-10-16(14)20/h6-7,9,11,14,16,20H,3-5,8,10,12H2,1-2H3,(H,18,21). The zero-order valence-electron chi connectivity index (χ0n) is 13.0. The number of nitrogens with zero attached hydrogens (tertiary/aromatic N) is 1. The zero-order valence-corrected chi connectivity index (χ0v) is 13.0. The lowest BCUT2D eigenvalue weighted by Gasteiger charge is -2.31. The average molecular weight is 290 g/mol. The molecule has 2 N–H and O–H groups in total. The molecule has 1 fully saturated rings. The van der Waals surface area contributed by atoms with E-state index in [1.807, 2.05) is 18.2 Å². The molecule has 0 aromatic heterocycles. The number of urea groups is 1. The third kappa shape index (κ3) is 4.46. The molecule has 2 unspecified atom stereocenters. The fourth-order valence-corrected chi connectivity index (χ4v) is 2.92. The third-order valence-corrected chi connectivity index (χ3v) is 4.31. The van der Waals surface area contributed by atoms with Crippen molar-refractivity contribution in [3.8, 4) is 0 Å². The van der Waals surface area contributed by atoms with Crippen molar-refractivity contribution in [2.45, 2.75) is 45.1 Å². The van der Waals surface area contributed by atoms with Gasteiger partial charge in [-0.1, -0.05) is 31.9 Å². The number of aliphatic hydroxyl groups is 1. The lowest BCUT2D eigenvalue weighted by Crippen LogP contribution is -2.40. The SMILES string of the molecule is CCc1cccc(NC(=O)N(C)CC2CCCCC2O)c1. The minimum atomic E-state index is -0.266. The van der Waals surface area contributed by atoms with Gasteiger partial charge in [0.1, 0.15) is 0 Å². The Bertz CT molecular complexity index is 476. The van der Waals surface area contributed by atoms with Gasteiger partial charge in [-0.3, -0.25) is 0 Å². The van der Waals surface area contributed by atoms with Gasteiger partial charge in [0.25, 0.3) is 0 Å². The van der Waals surface area contributed by atoms with Gasteiger partial charge in [-0.25, -0.2) is 4.79 Å². The molecule has 1 aromatic carbocycles. The summed E-state index contributed by atoms with van der Waals surface area (Å²) in [4.78, 5) is 13.9. The topological polar surface area (TPSA) is 52.6 Å². The van der Waals surface area contributed by atoms with Crippen molar-refractivity contribution in [1.29, 1.82) is 0 Å². The van der Waals surface area contributed by atoms with Crippen molar-refractivity contribution in [1.82, 2.24) is 4.90 Å². The van der Waals surface area contributed by atoms with Crippen molar-refractivity contribution < 1.29 is 9.90 Å². The number of hydrogen-bond donors (Lipinski definition) is 2. The number of rotatable bonds is 4. The van der Waals surface area contributed by atoms with Crippen LogP contribution in [0, 0.1) is 5.92 Å². The van der Waals surface area contributed by atoms with Crippen molar-refractivity contribution in [3.05, 3.63) is 29.8 Å². The molecule has 1 aromatic rings. The molecule has 0 aliphatic heterocycles. The van der Waals surface area contributed by atoms with E-state index in [1.165, 1.54) is 5.56 Å². The van der Waals surface area contributed by atoms with Crippen LogP contribution in [0.1, 0.15) is 38.2 Å². The predicted molar refractivity (Wildman–Crippen MR) is 85.4 cm³/mol. The second kappa shape index (κ2) is 7.46. The van der Waals surface area contributed by atoms with E-state index < -0.39 is 0 Å². The van der Waals surface area contributed by atoms with Gasteiger partial charge in [0.05, 0.1) is 6.10 Å². The summed E-state index contributed by atoms with van der Waals surface area (Å²) >= 11 is 0. The van der Waals surface area contributed by atoms with E-state index in [2.05, 4.69) is 18.3 Å². The van der Waals surface area contributed by atoms with Gasteiger partial charge in [-0.2, -0.15) is 0 Å². The molecule has 0 radical (unpaired) electrons. The Labute approximate surface area is 127 Å². The number of hydrogen-bond acceptors (Lipinski definition) is 2. The first-order valence-corrected chi connectivity index (χ1v) is 7.89. The van der Waals surface area contributed by atoms with Gasteiger partial charge >= 0.3 is 6.03 Å². The molecule has 0 heterocycles. The summed E-state index contributed by atoms with van der Waals surface area (Å²) in [7, 11) is 1.79. The van der Waals surface area contributed by atoms with Gasteiger partial charge in [0, 0.05) is 25.2 Å². The van der Waals surface area contributed by atoms with Crippen LogP contribution in [0.3, 0.4) is 0 Å². The van der Waals surface area contributed by atoms with E-state index in [-0.39, 0.29) is 18.1 Å². The van der Waals surface area contributed by atoms with Crippen LogP contribution in [-0.2, 0) is 6.42 Å². The Morgan fingerprint density at radius 3 is 2.86 bits per heavy atom. The number of carbonyl (C=O) groups excluding carboxylic acids is 1. The van der Waals surface area contributed by atoms with Gasteiger partial charge in [0.15, 0.2) is 0 Å². The van der Waals surface area contributed by atoms with E-state index in [0.717, 1.165) is 37.8 Å². The molecule has 2 rings (SSSR count). The molecule has 0 spiro atoms. The molecule has 21 heavy (non-hydrogen) atoms. The summed E-state index contributed by atoms with van der Waals surface area (Å²) in [5, 5.41) is 12.9. The first-order chi connectivity index (χ1) is 10.1. The molecule has 1 aliphatic rings. The van der Waals surface area contributed by atoms with Crippen molar-refractivity contribution in [2.75, 3.05) is 18.9 Å². The Morgan fingerprint density at radius 1 is 1.38 bits per heavy atom. The van der Waals surface area contributed by atoms with E-state index in [1.54, 1.807) is 11.9 Å². The van der Waals surface area contributed by atoms with Crippen LogP contribution < -0.4 is 5.32 Å². The highest BCUT2D eigenvalue weighted by Crippen LogP contribution is 2.25. The largest absolute Gasteiger partial charge is 0.393 e. The molecule has 4 heteroatoms. The molecule has 0 bridgehead atoms. The van der Waals surface area contributed by atoms with Crippen LogP contribution >= 0.6 is 0 Å². The highest BCUT2D eigenvalue weighted by molar-refractivity contribution is 5.89. The maximum atomic E-state index is 12.2. The lowest BCUT2D eigenvalue weighted by atomic mass is 9.86. The van der Waals surface area contributed by atoms with E-state index in [0.29, 0.717) is 6.54 Å². The normalized spacial score (nSPS) is 21.9. The molecule has 2 atom stereocenters. The number of amides is 2. The molecule has 4 nitrogen and oxygen atoms in total. The lowest BCUT2D eigenvalue weighted by molar-refractivity contribution is 0.0575. The number of anilines is 1. The Kier molecular flexibility index (Phi) is 5.62. The van der Waals surface area contributed by atoms with Crippen LogP contribution in [-0.4, -0.2) is 35.7 Å². The molecule has 2 amide bonds. The van der Waals surface area contributed by atoms with Crippen LogP contribution in [0.15, 0.2) is 24.3 Å². The molecular formula is C17H26N2O2. The maximum Gasteiger partial charge on any atom is 0.321 e. The average Bonchev–Trinajstić information content (AvgIpc) is 2.49. The minimum Gasteiger partial charge on any atom is -0.393 e. The van der Waals surface area contributed by atoms with E-state index in [4.69, 9.17) is 0 Å². The number of benzene rings is 1. The molecular weight excluding hydrogens is 264 g/mol. The highest BCUT2D eigenvalue weighted by atomic mass is 16.3. The second-order valence-electron chi connectivity index (χ2n) is 5.98. The number of aryl methyl sites for hydroxylation is 1. The third-order valence-electron chi connectivity index (χ3n) is 4.31. The van der Waals surface area contributed by atoms with Crippen molar-refractivity contribution in [3.63, 3.8) is 0 Å². The van der Waals surface area contributed by atoms with Crippen LogP contribution in [0.5, 0.6) is 0 Å². The van der Waals surface area contributed by atoms with Crippen molar-refractivity contribution >= 4 is 11.7 Å². The summed E-state index contributed by atoms with van der Waals surface area (Å²) in [6, 6.07) is 7.81. The molecule has 1 aliphatic carbocycles. The second-order valence-corrected chi connectivity index (χ2v) is 5.98. The fraction of sp³-hybridized carbons (Fsp3) is 0.588. The van der Waals surface area contributed by atoms with E-state index >= 15 is 0 Å². The van der Waals surface area contributed by atoms with Crippen LogP contribution in [0.25, 0.3) is 0 Å². The number of nitrogens with one attached hydrogen (secondary N) is 1. The molecule has 1 saturated carbocycles. The van der Waals surface area contributed by atoms with E-state index in [9.17, 15) is 9.90 Å². The highest BCUT2D eigenvalue weighted by Gasteiger charge is 2.25. The zero-order chi connectivity index (χ0) is 15.2. The smallest absolute Gasteiger partial charge is 0.321 e.